The first kappa shape index (κ1) is 10.4. The Hall–Kier alpha value is -1.65. The zero-order valence-corrected chi connectivity index (χ0v) is 8.19. The molecule has 5 nitrogen and oxygen atoms in total. The minimum atomic E-state index is -0.427. The molecule has 0 aliphatic heterocycles. The quantitative estimate of drug-likeness (QED) is 0.632. The van der Waals surface area contributed by atoms with Crippen molar-refractivity contribution < 1.29 is 4.79 Å². The van der Waals surface area contributed by atoms with E-state index in [2.05, 4.69) is 0 Å². The van der Waals surface area contributed by atoms with Gasteiger partial charge in [0.05, 0.1) is 5.69 Å². The van der Waals surface area contributed by atoms with E-state index in [-0.39, 0.29) is 5.69 Å². The Kier molecular flexibility index (Phi) is 3.01. The Morgan fingerprint density at radius 1 is 1.21 bits per heavy atom. The first-order chi connectivity index (χ1) is 6.65. The topological polar surface area (TPSA) is 61.1 Å². The van der Waals surface area contributed by atoms with Gasteiger partial charge in [-0.3, -0.25) is 18.7 Å². The lowest BCUT2D eigenvalue weighted by molar-refractivity contribution is 0.111. The molecule has 0 bridgehead atoms. The summed E-state index contributed by atoms with van der Waals surface area (Å²) in [5.41, 5.74) is -0.721. The molecule has 0 aliphatic carbocycles. The molecule has 1 heterocycles. The first-order valence-electron chi connectivity index (χ1n) is 4.45. The fourth-order valence-electron chi connectivity index (χ4n) is 1.34. The van der Waals surface area contributed by atoms with Crippen molar-refractivity contribution >= 4 is 6.29 Å². The van der Waals surface area contributed by atoms with E-state index in [1.54, 1.807) is 13.8 Å². The molecule has 76 valence electrons. The summed E-state index contributed by atoms with van der Waals surface area (Å²) in [5, 5.41) is 0. The molecule has 0 saturated heterocycles. The van der Waals surface area contributed by atoms with Crippen LogP contribution in [0.4, 0.5) is 0 Å². The number of aromatic nitrogens is 2. The fourth-order valence-corrected chi connectivity index (χ4v) is 1.34. The summed E-state index contributed by atoms with van der Waals surface area (Å²) in [4.78, 5) is 33.5. The molecule has 0 spiro atoms. The molecular formula is C9H12N2O3. The van der Waals surface area contributed by atoms with Crippen molar-refractivity contribution in [3.8, 4) is 0 Å². The molecule has 0 aliphatic rings. The number of hydrogen-bond acceptors (Lipinski definition) is 3. The monoisotopic (exact) mass is 196 g/mol. The summed E-state index contributed by atoms with van der Waals surface area (Å²) in [7, 11) is 0. The predicted molar refractivity (Wildman–Crippen MR) is 51.7 cm³/mol. The Bertz CT molecular complexity index is 456. The van der Waals surface area contributed by atoms with E-state index in [0.29, 0.717) is 19.4 Å². The van der Waals surface area contributed by atoms with Gasteiger partial charge in [0.25, 0.3) is 5.56 Å². The van der Waals surface area contributed by atoms with E-state index < -0.39 is 11.2 Å². The van der Waals surface area contributed by atoms with Crippen molar-refractivity contribution in [3.63, 3.8) is 0 Å². The van der Waals surface area contributed by atoms with E-state index in [4.69, 9.17) is 0 Å². The van der Waals surface area contributed by atoms with Crippen LogP contribution in [-0.2, 0) is 13.1 Å². The van der Waals surface area contributed by atoms with Gasteiger partial charge in [0, 0.05) is 19.2 Å². The van der Waals surface area contributed by atoms with Crippen LogP contribution in [0.2, 0.25) is 0 Å². The molecule has 0 saturated carbocycles. The van der Waals surface area contributed by atoms with Gasteiger partial charge in [-0.05, 0) is 13.8 Å². The molecule has 0 N–H and O–H groups in total. The highest BCUT2D eigenvalue weighted by molar-refractivity contribution is 5.71. The van der Waals surface area contributed by atoms with Gasteiger partial charge in [0.1, 0.15) is 0 Å². The first-order valence-corrected chi connectivity index (χ1v) is 4.45. The Labute approximate surface area is 80.6 Å². The van der Waals surface area contributed by atoms with Crippen molar-refractivity contribution in [1.29, 1.82) is 0 Å². The van der Waals surface area contributed by atoms with E-state index in [1.165, 1.54) is 10.6 Å². The molecular weight excluding hydrogens is 184 g/mol. The Morgan fingerprint density at radius 2 is 1.79 bits per heavy atom. The molecule has 14 heavy (non-hydrogen) atoms. The fraction of sp³-hybridized carbons (Fsp3) is 0.444. The lowest BCUT2D eigenvalue weighted by Gasteiger charge is -2.08. The number of carbonyl (C=O) groups excluding carboxylic acids is 1. The molecule has 0 amide bonds. The van der Waals surface area contributed by atoms with Gasteiger partial charge >= 0.3 is 5.69 Å². The number of carbonyl (C=O) groups is 1. The summed E-state index contributed by atoms with van der Waals surface area (Å²) >= 11 is 0. The molecule has 0 fully saturated rings. The highest BCUT2D eigenvalue weighted by Gasteiger charge is 2.07. The van der Waals surface area contributed by atoms with E-state index >= 15 is 0 Å². The lowest BCUT2D eigenvalue weighted by atomic mass is 10.4. The highest BCUT2D eigenvalue weighted by Crippen LogP contribution is 1.88. The maximum absolute atomic E-state index is 11.6. The van der Waals surface area contributed by atoms with Gasteiger partial charge in [-0.15, -0.1) is 0 Å². The van der Waals surface area contributed by atoms with Crippen LogP contribution in [0.3, 0.4) is 0 Å². The maximum Gasteiger partial charge on any atom is 0.331 e. The second kappa shape index (κ2) is 4.04. The van der Waals surface area contributed by atoms with E-state index in [1.807, 2.05) is 0 Å². The third-order valence-electron chi connectivity index (χ3n) is 2.06. The van der Waals surface area contributed by atoms with Crippen LogP contribution in [0.15, 0.2) is 15.7 Å². The second-order valence-electron chi connectivity index (χ2n) is 2.80. The molecule has 1 aromatic heterocycles. The van der Waals surface area contributed by atoms with Crippen LogP contribution in [0, 0.1) is 0 Å². The van der Waals surface area contributed by atoms with E-state index in [9.17, 15) is 14.4 Å². The summed E-state index contributed by atoms with van der Waals surface area (Å²) in [6.07, 6.45) is 0.520. The van der Waals surface area contributed by atoms with Crippen molar-refractivity contribution in [2.45, 2.75) is 26.9 Å². The van der Waals surface area contributed by atoms with Crippen LogP contribution in [0.25, 0.3) is 0 Å². The van der Waals surface area contributed by atoms with Crippen LogP contribution in [0.5, 0.6) is 0 Å². The Morgan fingerprint density at radius 3 is 2.21 bits per heavy atom. The summed E-state index contributed by atoms with van der Waals surface area (Å²) in [6, 6.07) is 1.18. The van der Waals surface area contributed by atoms with Crippen molar-refractivity contribution in [1.82, 2.24) is 9.13 Å². The third-order valence-corrected chi connectivity index (χ3v) is 2.06. The highest BCUT2D eigenvalue weighted by atomic mass is 16.2. The molecule has 0 atom stereocenters. The van der Waals surface area contributed by atoms with Gasteiger partial charge in [0.15, 0.2) is 6.29 Å². The standard InChI is InChI=1S/C9H12N2O3/c1-3-10-7(6-12)5-8(13)11(4-2)9(10)14/h5-6H,3-4H2,1-2H3. The zero-order valence-electron chi connectivity index (χ0n) is 8.19. The summed E-state index contributed by atoms with van der Waals surface area (Å²) in [5.74, 6) is 0. The average molecular weight is 196 g/mol. The van der Waals surface area contributed by atoms with Crippen LogP contribution >= 0.6 is 0 Å². The lowest BCUT2D eigenvalue weighted by Crippen LogP contribution is -2.40. The zero-order chi connectivity index (χ0) is 10.7. The second-order valence-corrected chi connectivity index (χ2v) is 2.80. The minimum Gasteiger partial charge on any atom is -0.296 e. The molecule has 0 radical (unpaired) electrons. The van der Waals surface area contributed by atoms with E-state index in [0.717, 1.165) is 4.57 Å². The smallest absolute Gasteiger partial charge is 0.296 e. The predicted octanol–water partition coefficient (Wildman–Crippen LogP) is -0.138. The molecule has 5 heteroatoms. The number of rotatable bonds is 3. The number of nitrogens with zero attached hydrogens (tertiary/aromatic N) is 2. The van der Waals surface area contributed by atoms with Gasteiger partial charge in [-0.2, -0.15) is 0 Å². The minimum absolute atomic E-state index is 0.132. The van der Waals surface area contributed by atoms with Crippen molar-refractivity contribution in [2.24, 2.45) is 0 Å². The molecule has 1 rings (SSSR count). The largest absolute Gasteiger partial charge is 0.331 e. The van der Waals surface area contributed by atoms with Gasteiger partial charge in [-0.1, -0.05) is 0 Å². The van der Waals surface area contributed by atoms with Crippen molar-refractivity contribution in [2.75, 3.05) is 0 Å². The molecule has 0 aromatic carbocycles. The molecule has 1 aromatic rings. The Balaban J connectivity index is 3.64. The number of aldehydes is 1. The number of hydrogen-bond donors (Lipinski definition) is 0. The normalized spacial score (nSPS) is 10.1. The molecule has 0 unspecified atom stereocenters. The van der Waals surface area contributed by atoms with Crippen LogP contribution in [-0.4, -0.2) is 15.4 Å². The van der Waals surface area contributed by atoms with Gasteiger partial charge in [0.2, 0.25) is 0 Å². The average Bonchev–Trinajstić information content (AvgIpc) is 2.17. The van der Waals surface area contributed by atoms with Crippen molar-refractivity contribution in [3.05, 3.63) is 32.6 Å². The third kappa shape index (κ3) is 1.53. The van der Waals surface area contributed by atoms with Crippen LogP contribution < -0.4 is 11.2 Å². The maximum atomic E-state index is 11.6. The van der Waals surface area contributed by atoms with Crippen LogP contribution in [0.1, 0.15) is 24.3 Å². The summed E-state index contributed by atoms with van der Waals surface area (Å²) < 4.78 is 2.37. The van der Waals surface area contributed by atoms with Gasteiger partial charge < -0.3 is 0 Å². The SMILES string of the molecule is CCn1c(C=O)cc(=O)n(CC)c1=O. The van der Waals surface area contributed by atoms with Gasteiger partial charge in [-0.25, -0.2) is 4.79 Å². The summed E-state index contributed by atoms with van der Waals surface area (Å²) in [6.45, 7) is 4.16.